The summed E-state index contributed by atoms with van der Waals surface area (Å²) in [5.74, 6) is 4.07. The number of allylic oxidation sites excluding steroid dienone is 2. The molecule has 13 heavy (non-hydrogen) atoms. The van der Waals surface area contributed by atoms with E-state index in [9.17, 15) is 0 Å². The summed E-state index contributed by atoms with van der Waals surface area (Å²) in [4.78, 5) is 0. The predicted molar refractivity (Wildman–Crippen MR) is 57.5 cm³/mol. The molecule has 2 rings (SSSR count). The number of hydrogen-bond donors (Lipinski definition) is 0. The molecule has 74 valence electrons. The molecule has 0 heteroatoms. The zero-order valence-electron chi connectivity index (χ0n) is 9.22. The van der Waals surface area contributed by atoms with E-state index in [0.717, 1.165) is 23.7 Å². The zero-order chi connectivity index (χ0) is 9.42. The molecule has 2 aliphatic rings. The van der Waals surface area contributed by atoms with Gasteiger partial charge < -0.3 is 0 Å². The first-order valence-electron chi connectivity index (χ1n) is 5.91. The second-order valence-electron chi connectivity index (χ2n) is 5.29. The summed E-state index contributed by atoms with van der Waals surface area (Å²) in [5.41, 5.74) is 1.80. The lowest BCUT2D eigenvalue weighted by Crippen LogP contribution is -2.03. The minimum atomic E-state index is 0.896. The van der Waals surface area contributed by atoms with E-state index >= 15 is 0 Å². The van der Waals surface area contributed by atoms with Gasteiger partial charge in [0.2, 0.25) is 0 Å². The Morgan fingerprint density at radius 1 is 1.46 bits per heavy atom. The fraction of sp³-hybridized carbons (Fsp3) is 0.846. The van der Waals surface area contributed by atoms with Gasteiger partial charge >= 0.3 is 0 Å². The maximum atomic E-state index is 2.49. The van der Waals surface area contributed by atoms with Gasteiger partial charge in [-0.3, -0.25) is 0 Å². The van der Waals surface area contributed by atoms with Crippen LogP contribution in [0.4, 0.5) is 0 Å². The molecule has 0 aromatic carbocycles. The lowest BCUT2D eigenvalue weighted by Gasteiger charge is -2.14. The van der Waals surface area contributed by atoms with Gasteiger partial charge in [0.25, 0.3) is 0 Å². The Morgan fingerprint density at radius 3 is 2.85 bits per heavy atom. The molecule has 2 saturated carbocycles. The van der Waals surface area contributed by atoms with Crippen LogP contribution < -0.4 is 0 Å². The molecule has 2 aliphatic carbocycles. The van der Waals surface area contributed by atoms with Gasteiger partial charge in [0, 0.05) is 0 Å². The van der Waals surface area contributed by atoms with Crippen molar-refractivity contribution in [2.75, 3.05) is 0 Å². The summed E-state index contributed by atoms with van der Waals surface area (Å²) in [6.45, 7) is 6.98. The second kappa shape index (κ2) is 3.48. The fourth-order valence-corrected chi connectivity index (χ4v) is 3.13. The van der Waals surface area contributed by atoms with Crippen molar-refractivity contribution in [3.05, 3.63) is 11.6 Å². The third-order valence-electron chi connectivity index (χ3n) is 3.66. The monoisotopic (exact) mass is 178 g/mol. The van der Waals surface area contributed by atoms with Crippen molar-refractivity contribution in [2.24, 2.45) is 23.7 Å². The van der Waals surface area contributed by atoms with Gasteiger partial charge in [-0.1, -0.05) is 32.4 Å². The maximum Gasteiger partial charge on any atom is -0.0169 e. The van der Waals surface area contributed by atoms with Crippen molar-refractivity contribution >= 4 is 0 Å². The number of hydrogen-bond acceptors (Lipinski definition) is 0. The van der Waals surface area contributed by atoms with E-state index < -0.39 is 0 Å². The Kier molecular flexibility index (Phi) is 2.49. The molecule has 0 spiro atoms. The smallest absolute Gasteiger partial charge is 0.0169 e. The van der Waals surface area contributed by atoms with Crippen molar-refractivity contribution in [1.82, 2.24) is 0 Å². The van der Waals surface area contributed by atoms with Gasteiger partial charge in [-0.05, 0) is 49.4 Å². The molecule has 0 bridgehead atoms. The minimum absolute atomic E-state index is 0.896. The molecule has 0 amide bonds. The van der Waals surface area contributed by atoms with Gasteiger partial charge in [0.05, 0.1) is 0 Å². The minimum Gasteiger partial charge on any atom is -0.0853 e. The predicted octanol–water partition coefficient (Wildman–Crippen LogP) is 4.02. The van der Waals surface area contributed by atoms with Crippen molar-refractivity contribution in [3.63, 3.8) is 0 Å². The molecule has 0 heterocycles. The quantitative estimate of drug-likeness (QED) is 0.572. The molecule has 0 aromatic heterocycles. The van der Waals surface area contributed by atoms with Gasteiger partial charge in [-0.2, -0.15) is 0 Å². The second-order valence-corrected chi connectivity index (χ2v) is 5.29. The van der Waals surface area contributed by atoms with Crippen LogP contribution in [0.15, 0.2) is 11.6 Å². The van der Waals surface area contributed by atoms with Crippen molar-refractivity contribution in [2.45, 2.75) is 46.5 Å². The van der Waals surface area contributed by atoms with Crippen LogP contribution in [0.5, 0.6) is 0 Å². The van der Waals surface area contributed by atoms with E-state index in [-0.39, 0.29) is 0 Å². The summed E-state index contributed by atoms with van der Waals surface area (Å²) in [6.07, 6.45) is 8.14. The lowest BCUT2D eigenvalue weighted by molar-refractivity contribution is 0.388. The molecule has 2 fully saturated rings. The van der Waals surface area contributed by atoms with Gasteiger partial charge in [-0.25, -0.2) is 0 Å². The highest BCUT2D eigenvalue weighted by atomic mass is 14.5. The molecule has 0 aliphatic heterocycles. The first-order valence-corrected chi connectivity index (χ1v) is 5.91. The third kappa shape index (κ3) is 1.82. The van der Waals surface area contributed by atoms with Crippen molar-refractivity contribution in [1.29, 1.82) is 0 Å². The molecule has 0 unspecified atom stereocenters. The molecule has 0 saturated heterocycles. The molecule has 0 nitrogen and oxygen atoms in total. The van der Waals surface area contributed by atoms with E-state index in [4.69, 9.17) is 0 Å². The molecule has 3 atom stereocenters. The van der Waals surface area contributed by atoms with Crippen LogP contribution in [0.3, 0.4) is 0 Å². The van der Waals surface area contributed by atoms with Gasteiger partial charge in [0.15, 0.2) is 0 Å². The highest BCUT2D eigenvalue weighted by molar-refractivity contribution is 5.23. The van der Waals surface area contributed by atoms with E-state index in [1.807, 2.05) is 0 Å². The molecular weight excluding hydrogens is 156 g/mol. The summed E-state index contributed by atoms with van der Waals surface area (Å²) in [6, 6.07) is 0. The van der Waals surface area contributed by atoms with E-state index in [0.29, 0.717) is 0 Å². The van der Waals surface area contributed by atoms with E-state index in [1.54, 1.807) is 5.57 Å². The highest BCUT2D eigenvalue weighted by Gasteiger charge is 2.50. The Balaban J connectivity index is 1.93. The molecule has 0 N–H and O–H groups in total. The van der Waals surface area contributed by atoms with Crippen LogP contribution >= 0.6 is 0 Å². The lowest BCUT2D eigenvalue weighted by atomic mass is 9.92. The number of fused-ring (bicyclic) bond motifs is 1. The zero-order valence-corrected chi connectivity index (χ0v) is 9.22. The molecular formula is C13H22. The molecule has 0 radical (unpaired) electrons. The average molecular weight is 178 g/mol. The standard InChI is InChI=1S/C13H22/c1-4-5-10-7-11(6-9(2)3)13-8-12(10)13/h5,9,11-13H,4,6-8H2,1-3H3/b10-5-/t11-,12-,13-/m1/s1. The van der Waals surface area contributed by atoms with Crippen LogP contribution in [0, 0.1) is 23.7 Å². The van der Waals surface area contributed by atoms with Gasteiger partial charge in [0.1, 0.15) is 0 Å². The third-order valence-corrected chi connectivity index (χ3v) is 3.66. The summed E-state index contributed by atoms with van der Waals surface area (Å²) in [7, 11) is 0. The Morgan fingerprint density at radius 2 is 2.23 bits per heavy atom. The summed E-state index contributed by atoms with van der Waals surface area (Å²) < 4.78 is 0. The number of rotatable bonds is 3. The topological polar surface area (TPSA) is 0 Å². The Bertz CT molecular complexity index is 212. The van der Waals surface area contributed by atoms with Crippen molar-refractivity contribution < 1.29 is 0 Å². The highest BCUT2D eigenvalue weighted by Crippen LogP contribution is 2.59. The SMILES string of the molecule is CC/C=C1/C[C@@H](CC(C)C)[C@H]2C[C@H]12. The maximum absolute atomic E-state index is 2.49. The fourth-order valence-electron chi connectivity index (χ4n) is 3.13. The Hall–Kier alpha value is -0.260. The van der Waals surface area contributed by atoms with Crippen LogP contribution in [0.2, 0.25) is 0 Å². The first kappa shape index (κ1) is 9.30. The van der Waals surface area contributed by atoms with Gasteiger partial charge in [-0.15, -0.1) is 0 Å². The Labute approximate surface area is 82.4 Å². The average Bonchev–Trinajstić information content (AvgIpc) is 2.74. The van der Waals surface area contributed by atoms with E-state index in [2.05, 4.69) is 26.8 Å². The van der Waals surface area contributed by atoms with Crippen LogP contribution in [0.1, 0.15) is 46.5 Å². The summed E-state index contributed by atoms with van der Waals surface area (Å²) >= 11 is 0. The molecule has 0 aromatic rings. The normalized spacial score (nSPS) is 40.0. The van der Waals surface area contributed by atoms with Crippen LogP contribution in [-0.2, 0) is 0 Å². The van der Waals surface area contributed by atoms with Crippen molar-refractivity contribution in [3.8, 4) is 0 Å². The first-order chi connectivity index (χ1) is 6.22. The van der Waals surface area contributed by atoms with E-state index in [1.165, 1.54) is 25.7 Å². The summed E-state index contributed by atoms with van der Waals surface area (Å²) in [5, 5.41) is 0. The van der Waals surface area contributed by atoms with Crippen LogP contribution in [-0.4, -0.2) is 0 Å². The van der Waals surface area contributed by atoms with Crippen LogP contribution in [0.25, 0.3) is 0 Å². The largest absolute Gasteiger partial charge is 0.0853 e.